The van der Waals surface area contributed by atoms with Crippen molar-refractivity contribution in [1.29, 1.82) is 0 Å². The largest absolute Gasteiger partial charge is 0.493 e. The molecule has 0 aliphatic heterocycles. The molecule has 0 aliphatic carbocycles. The molecule has 1 heterocycles. The third-order valence-corrected chi connectivity index (χ3v) is 3.14. The van der Waals surface area contributed by atoms with Crippen LogP contribution in [-0.4, -0.2) is 23.9 Å². The summed E-state index contributed by atoms with van der Waals surface area (Å²) in [6.45, 7) is 5.21. The van der Waals surface area contributed by atoms with Crippen LogP contribution in [0, 0.1) is 0 Å². The van der Waals surface area contributed by atoms with Crippen LogP contribution >= 0.6 is 0 Å². The Hall–Kier alpha value is -1.03. The number of unbranched alkanes of at least 4 members (excludes halogenated alkanes) is 2. The highest BCUT2D eigenvalue weighted by Gasteiger charge is 2.19. The summed E-state index contributed by atoms with van der Waals surface area (Å²) in [6, 6.07) is 0.332. The summed E-state index contributed by atoms with van der Waals surface area (Å²) < 4.78 is 7.41. The SMILES string of the molecule is CCCCCC(NC)c1c(OC)cnn1CC. The molecular formula is C13H25N3O. The molecule has 1 aromatic rings. The van der Waals surface area contributed by atoms with Gasteiger partial charge in [-0.05, 0) is 20.4 Å². The smallest absolute Gasteiger partial charge is 0.161 e. The van der Waals surface area contributed by atoms with Gasteiger partial charge in [0, 0.05) is 6.54 Å². The van der Waals surface area contributed by atoms with Crippen LogP contribution < -0.4 is 10.1 Å². The minimum Gasteiger partial charge on any atom is -0.493 e. The van der Waals surface area contributed by atoms with Crippen LogP contribution in [0.1, 0.15) is 51.3 Å². The van der Waals surface area contributed by atoms with E-state index in [1.807, 2.05) is 17.9 Å². The molecule has 0 bridgehead atoms. The van der Waals surface area contributed by atoms with Gasteiger partial charge in [0.05, 0.1) is 25.0 Å². The van der Waals surface area contributed by atoms with E-state index in [9.17, 15) is 0 Å². The average Bonchev–Trinajstić information content (AvgIpc) is 2.77. The Morgan fingerprint density at radius 1 is 1.41 bits per heavy atom. The fourth-order valence-corrected chi connectivity index (χ4v) is 2.15. The number of hydrogen-bond acceptors (Lipinski definition) is 3. The Balaban J connectivity index is 2.81. The van der Waals surface area contributed by atoms with Crippen LogP contribution in [0.3, 0.4) is 0 Å². The number of aryl methyl sites for hydroxylation is 1. The van der Waals surface area contributed by atoms with E-state index in [1.165, 1.54) is 25.0 Å². The zero-order valence-corrected chi connectivity index (χ0v) is 11.5. The maximum Gasteiger partial charge on any atom is 0.161 e. The highest BCUT2D eigenvalue weighted by molar-refractivity contribution is 5.28. The van der Waals surface area contributed by atoms with Crippen LogP contribution in [0.25, 0.3) is 0 Å². The first-order valence-corrected chi connectivity index (χ1v) is 6.55. The lowest BCUT2D eigenvalue weighted by atomic mass is 10.1. The zero-order valence-electron chi connectivity index (χ0n) is 11.5. The van der Waals surface area contributed by atoms with Crippen molar-refractivity contribution in [3.05, 3.63) is 11.9 Å². The molecule has 17 heavy (non-hydrogen) atoms. The van der Waals surface area contributed by atoms with Crippen LogP contribution in [0.4, 0.5) is 0 Å². The Kier molecular flexibility index (Phi) is 6.05. The minimum atomic E-state index is 0.332. The topological polar surface area (TPSA) is 39.1 Å². The number of ether oxygens (including phenoxy) is 1. The lowest BCUT2D eigenvalue weighted by Gasteiger charge is -2.18. The lowest BCUT2D eigenvalue weighted by molar-refractivity contribution is 0.388. The predicted octanol–water partition coefficient (Wildman–Crippen LogP) is 2.75. The summed E-state index contributed by atoms with van der Waals surface area (Å²) in [5.41, 5.74) is 1.17. The normalized spacial score (nSPS) is 12.7. The van der Waals surface area contributed by atoms with Crippen molar-refractivity contribution in [2.24, 2.45) is 0 Å². The molecule has 98 valence electrons. The second-order valence-corrected chi connectivity index (χ2v) is 4.25. The first-order valence-electron chi connectivity index (χ1n) is 6.55. The number of nitrogens with one attached hydrogen (secondary N) is 1. The summed E-state index contributed by atoms with van der Waals surface area (Å²) in [6.07, 6.45) is 6.71. The second kappa shape index (κ2) is 7.33. The van der Waals surface area contributed by atoms with Crippen molar-refractivity contribution in [2.45, 2.75) is 52.1 Å². The van der Waals surface area contributed by atoms with Gasteiger partial charge in [-0.3, -0.25) is 4.68 Å². The van der Waals surface area contributed by atoms with Crippen LogP contribution in [0.2, 0.25) is 0 Å². The highest BCUT2D eigenvalue weighted by atomic mass is 16.5. The molecule has 0 saturated carbocycles. The third-order valence-electron chi connectivity index (χ3n) is 3.14. The maximum absolute atomic E-state index is 5.39. The van der Waals surface area contributed by atoms with Gasteiger partial charge in [-0.1, -0.05) is 26.2 Å². The second-order valence-electron chi connectivity index (χ2n) is 4.25. The van der Waals surface area contributed by atoms with Crippen molar-refractivity contribution < 1.29 is 4.74 Å². The van der Waals surface area contributed by atoms with Gasteiger partial charge in [0.25, 0.3) is 0 Å². The van der Waals surface area contributed by atoms with Crippen molar-refractivity contribution >= 4 is 0 Å². The Morgan fingerprint density at radius 2 is 2.18 bits per heavy atom. The molecule has 0 aromatic carbocycles. The third kappa shape index (κ3) is 3.46. The molecule has 0 saturated heterocycles. The Morgan fingerprint density at radius 3 is 2.71 bits per heavy atom. The summed E-state index contributed by atoms with van der Waals surface area (Å²) in [5, 5.41) is 7.73. The Bertz CT molecular complexity index is 301. The number of rotatable bonds is 8. The summed E-state index contributed by atoms with van der Waals surface area (Å²) in [5.74, 6) is 0.891. The molecule has 1 aromatic heterocycles. The van der Waals surface area contributed by atoms with Crippen LogP contribution in [0.15, 0.2) is 6.20 Å². The van der Waals surface area contributed by atoms with Crippen LogP contribution in [0.5, 0.6) is 5.75 Å². The van der Waals surface area contributed by atoms with Crippen molar-refractivity contribution in [2.75, 3.05) is 14.2 Å². The summed E-state index contributed by atoms with van der Waals surface area (Å²) in [4.78, 5) is 0. The molecule has 4 nitrogen and oxygen atoms in total. The van der Waals surface area contributed by atoms with Crippen LogP contribution in [-0.2, 0) is 6.54 Å². The zero-order chi connectivity index (χ0) is 12.7. The van der Waals surface area contributed by atoms with E-state index in [4.69, 9.17) is 4.74 Å². The molecule has 0 aliphatic rings. The molecule has 4 heteroatoms. The van der Waals surface area contributed by atoms with Gasteiger partial charge in [0.15, 0.2) is 5.75 Å². The van der Waals surface area contributed by atoms with Gasteiger partial charge in [-0.15, -0.1) is 0 Å². The van der Waals surface area contributed by atoms with E-state index >= 15 is 0 Å². The summed E-state index contributed by atoms with van der Waals surface area (Å²) >= 11 is 0. The van der Waals surface area contributed by atoms with E-state index in [2.05, 4.69) is 24.3 Å². The minimum absolute atomic E-state index is 0.332. The average molecular weight is 239 g/mol. The number of nitrogens with zero attached hydrogens (tertiary/aromatic N) is 2. The molecule has 0 spiro atoms. The van der Waals surface area contributed by atoms with E-state index < -0.39 is 0 Å². The number of aromatic nitrogens is 2. The molecule has 1 N–H and O–H groups in total. The highest BCUT2D eigenvalue weighted by Crippen LogP contribution is 2.28. The monoisotopic (exact) mass is 239 g/mol. The van der Waals surface area contributed by atoms with Gasteiger partial charge in [-0.2, -0.15) is 5.10 Å². The van der Waals surface area contributed by atoms with E-state index in [1.54, 1.807) is 7.11 Å². The summed E-state index contributed by atoms with van der Waals surface area (Å²) in [7, 11) is 3.71. The number of hydrogen-bond donors (Lipinski definition) is 1. The quantitative estimate of drug-likeness (QED) is 0.709. The lowest BCUT2D eigenvalue weighted by Crippen LogP contribution is -2.21. The van der Waals surface area contributed by atoms with Crippen molar-refractivity contribution in [1.82, 2.24) is 15.1 Å². The van der Waals surface area contributed by atoms with Crippen molar-refractivity contribution in [3.8, 4) is 5.75 Å². The van der Waals surface area contributed by atoms with Crippen molar-refractivity contribution in [3.63, 3.8) is 0 Å². The van der Waals surface area contributed by atoms with E-state index in [-0.39, 0.29) is 0 Å². The molecule has 1 atom stereocenters. The molecule has 1 unspecified atom stereocenters. The van der Waals surface area contributed by atoms with Gasteiger partial charge in [-0.25, -0.2) is 0 Å². The first-order chi connectivity index (χ1) is 8.28. The first kappa shape index (κ1) is 14.0. The fourth-order valence-electron chi connectivity index (χ4n) is 2.15. The van der Waals surface area contributed by atoms with Gasteiger partial charge < -0.3 is 10.1 Å². The Labute approximate surface area is 104 Å². The molecule has 0 radical (unpaired) electrons. The maximum atomic E-state index is 5.39. The van der Waals surface area contributed by atoms with E-state index in [0.717, 1.165) is 18.7 Å². The molecule has 1 rings (SSSR count). The predicted molar refractivity (Wildman–Crippen MR) is 70.4 cm³/mol. The standard InChI is InChI=1S/C13H25N3O/c1-5-7-8-9-11(14-3)13-12(17-4)10-15-16(13)6-2/h10-11,14H,5-9H2,1-4H3. The van der Waals surface area contributed by atoms with E-state index in [0.29, 0.717) is 6.04 Å². The van der Waals surface area contributed by atoms with Gasteiger partial charge in [0.2, 0.25) is 0 Å². The molecular weight excluding hydrogens is 214 g/mol. The molecule has 0 fully saturated rings. The van der Waals surface area contributed by atoms with Gasteiger partial charge >= 0.3 is 0 Å². The molecule has 0 amide bonds. The number of methoxy groups -OCH3 is 1. The van der Waals surface area contributed by atoms with Gasteiger partial charge in [0.1, 0.15) is 0 Å². The fraction of sp³-hybridized carbons (Fsp3) is 0.769.